The molecule has 2 heterocycles. The Morgan fingerprint density at radius 1 is 0.432 bits per heavy atom. The van der Waals surface area contributed by atoms with Gasteiger partial charge < -0.3 is 4.42 Å². The third-order valence-corrected chi connectivity index (χ3v) is 6.69. The molecular formula is C34H22N2O. The minimum Gasteiger partial charge on any atom is -0.438 e. The summed E-state index contributed by atoms with van der Waals surface area (Å²) in [7, 11) is 0. The van der Waals surface area contributed by atoms with Crippen LogP contribution >= 0.6 is 0 Å². The highest BCUT2D eigenvalue weighted by Crippen LogP contribution is 2.39. The van der Waals surface area contributed by atoms with Crippen LogP contribution in [0.4, 0.5) is 0 Å². The normalized spacial score (nSPS) is 11.2. The molecule has 0 radical (unpaired) electrons. The van der Waals surface area contributed by atoms with Crippen molar-refractivity contribution in [1.29, 1.82) is 0 Å². The third-order valence-electron chi connectivity index (χ3n) is 6.69. The molecule has 0 aliphatic carbocycles. The Bertz CT molecular complexity index is 1800. The lowest BCUT2D eigenvalue weighted by Gasteiger charge is -2.12. The number of hydrogen-bond donors (Lipinski definition) is 0. The number of aromatic nitrogens is 2. The van der Waals surface area contributed by atoms with Crippen molar-refractivity contribution in [3.05, 3.63) is 133 Å². The van der Waals surface area contributed by atoms with Gasteiger partial charge in [0.2, 0.25) is 5.71 Å². The van der Waals surface area contributed by atoms with Gasteiger partial charge in [-0.05, 0) is 46.5 Å². The molecule has 0 bridgehead atoms. The summed E-state index contributed by atoms with van der Waals surface area (Å²) in [6.07, 6.45) is 0. The van der Waals surface area contributed by atoms with Gasteiger partial charge in [0.25, 0.3) is 0 Å². The smallest absolute Gasteiger partial charge is 0.231 e. The minimum absolute atomic E-state index is 0.594. The molecule has 37 heavy (non-hydrogen) atoms. The number of benzene rings is 5. The highest BCUT2D eigenvalue weighted by atomic mass is 16.3. The van der Waals surface area contributed by atoms with E-state index in [1.807, 2.05) is 60.7 Å². The molecule has 0 spiro atoms. The standard InChI is InChI=1S/C34H22N2O/c1-4-12-23(13-5-1)26-20-27(24-14-6-2-7-15-24)22-28(21-26)32-31-29-18-10-11-19-30(29)37-34(31)36-33(35-32)25-16-8-3-9-17-25/h1-22H. The molecule has 7 rings (SSSR count). The highest BCUT2D eigenvalue weighted by Gasteiger charge is 2.19. The first-order valence-corrected chi connectivity index (χ1v) is 12.3. The lowest BCUT2D eigenvalue weighted by molar-refractivity contribution is 0.653. The summed E-state index contributed by atoms with van der Waals surface area (Å²) in [6.45, 7) is 0. The molecule has 0 saturated carbocycles. The zero-order valence-corrected chi connectivity index (χ0v) is 20.0. The van der Waals surface area contributed by atoms with E-state index in [2.05, 4.69) is 72.8 Å². The summed E-state index contributed by atoms with van der Waals surface area (Å²) < 4.78 is 6.26. The van der Waals surface area contributed by atoms with Gasteiger partial charge in [-0.1, -0.05) is 109 Å². The summed E-state index contributed by atoms with van der Waals surface area (Å²) >= 11 is 0. The van der Waals surface area contributed by atoms with Crippen LogP contribution in [-0.2, 0) is 0 Å². The van der Waals surface area contributed by atoms with Gasteiger partial charge in [0.05, 0.1) is 11.1 Å². The van der Waals surface area contributed by atoms with Crippen LogP contribution in [0.2, 0.25) is 0 Å². The third kappa shape index (κ3) is 3.87. The Labute approximate surface area is 214 Å². The molecule has 7 aromatic rings. The molecule has 0 saturated heterocycles. The molecule has 0 amide bonds. The van der Waals surface area contributed by atoms with Gasteiger partial charge in [-0.3, -0.25) is 0 Å². The van der Waals surface area contributed by atoms with Gasteiger partial charge in [0.1, 0.15) is 5.58 Å². The molecule has 2 aromatic heterocycles. The average Bonchev–Trinajstić information content (AvgIpc) is 3.36. The van der Waals surface area contributed by atoms with E-state index in [1.54, 1.807) is 0 Å². The molecule has 3 heteroatoms. The molecule has 174 valence electrons. The van der Waals surface area contributed by atoms with Gasteiger partial charge in [-0.2, -0.15) is 4.98 Å². The molecule has 0 fully saturated rings. The van der Waals surface area contributed by atoms with Crippen molar-refractivity contribution >= 4 is 22.1 Å². The van der Waals surface area contributed by atoms with Crippen molar-refractivity contribution in [2.24, 2.45) is 0 Å². The predicted octanol–water partition coefficient (Wildman–Crippen LogP) is 9.04. The molecule has 3 nitrogen and oxygen atoms in total. The SMILES string of the molecule is c1ccc(-c2cc(-c3ccccc3)cc(-c3nc(-c4ccccc4)nc4oc5ccccc5c34)c2)cc1. The van der Waals surface area contributed by atoms with Crippen molar-refractivity contribution in [3.63, 3.8) is 0 Å². The van der Waals surface area contributed by atoms with E-state index in [4.69, 9.17) is 14.4 Å². The van der Waals surface area contributed by atoms with Crippen LogP contribution < -0.4 is 0 Å². The van der Waals surface area contributed by atoms with E-state index in [0.29, 0.717) is 11.5 Å². The maximum Gasteiger partial charge on any atom is 0.231 e. The van der Waals surface area contributed by atoms with Crippen LogP contribution in [0.3, 0.4) is 0 Å². The van der Waals surface area contributed by atoms with Crippen molar-refractivity contribution in [3.8, 4) is 44.9 Å². The first-order chi connectivity index (χ1) is 18.3. The first kappa shape index (κ1) is 21.3. The summed E-state index contributed by atoms with van der Waals surface area (Å²) in [6, 6.07) is 45.8. The summed E-state index contributed by atoms with van der Waals surface area (Å²) in [5, 5.41) is 1.94. The van der Waals surface area contributed by atoms with Gasteiger partial charge in [0, 0.05) is 16.5 Å². The van der Waals surface area contributed by atoms with Crippen LogP contribution in [-0.4, -0.2) is 9.97 Å². The van der Waals surface area contributed by atoms with Crippen LogP contribution in [0.1, 0.15) is 0 Å². The number of para-hydroxylation sites is 1. The second kappa shape index (κ2) is 8.89. The zero-order chi connectivity index (χ0) is 24.6. The van der Waals surface area contributed by atoms with Crippen molar-refractivity contribution in [1.82, 2.24) is 9.97 Å². The lowest BCUT2D eigenvalue weighted by Crippen LogP contribution is -1.95. The maximum absolute atomic E-state index is 6.26. The second-order valence-electron chi connectivity index (χ2n) is 9.07. The monoisotopic (exact) mass is 474 g/mol. The number of hydrogen-bond acceptors (Lipinski definition) is 3. The zero-order valence-electron chi connectivity index (χ0n) is 20.0. The van der Waals surface area contributed by atoms with Gasteiger partial charge in [-0.25, -0.2) is 4.98 Å². The van der Waals surface area contributed by atoms with Crippen LogP contribution in [0.5, 0.6) is 0 Å². The van der Waals surface area contributed by atoms with E-state index in [1.165, 1.54) is 0 Å². The minimum atomic E-state index is 0.594. The molecule has 0 N–H and O–H groups in total. The summed E-state index contributed by atoms with van der Waals surface area (Å²) in [5.74, 6) is 0.647. The molecule has 0 aliphatic heterocycles. The Balaban J connectivity index is 1.56. The van der Waals surface area contributed by atoms with Crippen molar-refractivity contribution in [2.75, 3.05) is 0 Å². The highest BCUT2D eigenvalue weighted by molar-refractivity contribution is 6.11. The predicted molar refractivity (Wildman–Crippen MR) is 151 cm³/mol. The molecule has 0 aliphatic rings. The molecule has 0 atom stereocenters. The molecule has 5 aromatic carbocycles. The van der Waals surface area contributed by atoms with Crippen LogP contribution in [0.25, 0.3) is 67.0 Å². The summed E-state index contributed by atoms with van der Waals surface area (Å²) in [5.41, 5.74) is 8.83. The quantitative estimate of drug-likeness (QED) is 0.255. The second-order valence-corrected chi connectivity index (χ2v) is 9.07. The van der Waals surface area contributed by atoms with E-state index in [9.17, 15) is 0 Å². The summed E-state index contributed by atoms with van der Waals surface area (Å²) in [4.78, 5) is 10.0. The van der Waals surface area contributed by atoms with E-state index in [0.717, 1.165) is 55.4 Å². The number of furan rings is 1. The largest absolute Gasteiger partial charge is 0.438 e. The Morgan fingerprint density at radius 2 is 0.946 bits per heavy atom. The van der Waals surface area contributed by atoms with Crippen LogP contribution in [0.15, 0.2) is 138 Å². The Hall–Kier alpha value is -5.02. The first-order valence-electron chi connectivity index (χ1n) is 12.3. The van der Waals surface area contributed by atoms with E-state index < -0.39 is 0 Å². The number of rotatable bonds is 4. The van der Waals surface area contributed by atoms with E-state index >= 15 is 0 Å². The topological polar surface area (TPSA) is 38.9 Å². The maximum atomic E-state index is 6.26. The Morgan fingerprint density at radius 3 is 1.57 bits per heavy atom. The van der Waals surface area contributed by atoms with Gasteiger partial charge in [-0.15, -0.1) is 0 Å². The fourth-order valence-electron chi connectivity index (χ4n) is 4.91. The van der Waals surface area contributed by atoms with E-state index in [-0.39, 0.29) is 0 Å². The molecule has 0 unspecified atom stereocenters. The van der Waals surface area contributed by atoms with Crippen molar-refractivity contribution < 1.29 is 4.42 Å². The molecular weight excluding hydrogens is 452 g/mol. The fraction of sp³-hybridized carbons (Fsp3) is 0. The van der Waals surface area contributed by atoms with Crippen molar-refractivity contribution in [2.45, 2.75) is 0 Å². The van der Waals surface area contributed by atoms with Gasteiger partial charge >= 0.3 is 0 Å². The number of nitrogens with zero attached hydrogens (tertiary/aromatic N) is 2. The van der Waals surface area contributed by atoms with Crippen LogP contribution in [0, 0.1) is 0 Å². The fourth-order valence-corrected chi connectivity index (χ4v) is 4.91. The Kier molecular flexibility index (Phi) is 5.11. The number of fused-ring (bicyclic) bond motifs is 3. The average molecular weight is 475 g/mol. The van der Waals surface area contributed by atoms with Gasteiger partial charge in [0.15, 0.2) is 5.82 Å². The lowest BCUT2D eigenvalue weighted by atomic mass is 9.94.